The molecular formula is C15H15N3O. The number of para-hydroxylation sites is 2. The topological polar surface area (TPSA) is 64.1 Å². The molecule has 3 N–H and O–H groups in total. The summed E-state index contributed by atoms with van der Waals surface area (Å²) in [7, 11) is 0. The second-order valence-corrected chi connectivity index (χ2v) is 4.31. The van der Waals surface area contributed by atoms with Gasteiger partial charge in [-0.3, -0.25) is 0 Å². The minimum Gasteiger partial charge on any atom is -0.424 e. The van der Waals surface area contributed by atoms with Crippen molar-refractivity contribution in [2.24, 2.45) is 5.73 Å². The summed E-state index contributed by atoms with van der Waals surface area (Å²) in [5.74, 6) is 0. The van der Waals surface area contributed by atoms with Crippen LogP contribution in [-0.4, -0.2) is 4.98 Å². The van der Waals surface area contributed by atoms with E-state index in [1.807, 2.05) is 42.5 Å². The van der Waals surface area contributed by atoms with E-state index in [0.29, 0.717) is 19.1 Å². The van der Waals surface area contributed by atoms with Gasteiger partial charge in [-0.15, -0.1) is 0 Å². The largest absolute Gasteiger partial charge is 0.424 e. The van der Waals surface area contributed by atoms with E-state index in [1.165, 1.54) is 0 Å². The van der Waals surface area contributed by atoms with Gasteiger partial charge in [-0.25, -0.2) is 0 Å². The van der Waals surface area contributed by atoms with Crippen molar-refractivity contribution < 1.29 is 4.42 Å². The number of fused-ring (bicyclic) bond motifs is 1. The van der Waals surface area contributed by atoms with Crippen LogP contribution < -0.4 is 11.1 Å². The van der Waals surface area contributed by atoms with Crippen molar-refractivity contribution in [1.82, 2.24) is 4.98 Å². The fourth-order valence-corrected chi connectivity index (χ4v) is 2.05. The highest BCUT2D eigenvalue weighted by molar-refractivity contribution is 5.74. The van der Waals surface area contributed by atoms with Crippen LogP contribution in [-0.2, 0) is 13.1 Å². The van der Waals surface area contributed by atoms with Crippen LogP contribution in [0.4, 0.5) is 6.01 Å². The average molecular weight is 253 g/mol. The number of nitrogens with two attached hydrogens (primary N) is 1. The van der Waals surface area contributed by atoms with E-state index in [0.717, 1.165) is 22.2 Å². The van der Waals surface area contributed by atoms with Gasteiger partial charge >= 0.3 is 0 Å². The fraction of sp³-hybridized carbons (Fsp3) is 0.133. The molecule has 96 valence electrons. The first kappa shape index (κ1) is 11.7. The van der Waals surface area contributed by atoms with Crippen LogP contribution in [0.25, 0.3) is 11.1 Å². The zero-order valence-corrected chi connectivity index (χ0v) is 10.5. The molecule has 0 aliphatic rings. The molecule has 2 aromatic carbocycles. The molecule has 0 atom stereocenters. The normalized spacial score (nSPS) is 10.8. The zero-order valence-electron chi connectivity index (χ0n) is 10.5. The van der Waals surface area contributed by atoms with Gasteiger partial charge < -0.3 is 15.5 Å². The quantitative estimate of drug-likeness (QED) is 0.750. The minimum atomic E-state index is 0.533. The highest BCUT2D eigenvalue weighted by Gasteiger charge is 2.05. The lowest BCUT2D eigenvalue weighted by atomic mass is 10.1. The lowest BCUT2D eigenvalue weighted by Crippen LogP contribution is -2.06. The Morgan fingerprint density at radius 1 is 1.00 bits per heavy atom. The van der Waals surface area contributed by atoms with E-state index in [1.54, 1.807) is 0 Å². The van der Waals surface area contributed by atoms with Gasteiger partial charge in [-0.1, -0.05) is 36.4 Å². The Balaban J connectivity index is 1.78. The van der Waals surface area contributed by atoms with Crippen molar-refractivity contribution in [2.75, 3.05) is 5.32 Å². The SMILES string of the molecule is NCc1ccccc1CNc1nc2ccccc2o1. The molecule has 0 saturated heterocycles. The summed E-state index contributed by atoms with van der Waals surface area (Å²) in [6.45, 7) is 1.19. The molecule has 19 heavy (non-hydrogen) atoms. The van der Waals surface area contributed by atoms with E-state index >= 15 is 0 Å². The predicted molar refractivity (Wildman–Crippen MR) is 75.7 cm³/mol. The standard InChI is InChI=1S/C15H15N3O/c16-9-11-5-1-2-6-12(11)10-17-15-18-13-7-3-4-8-14(13)19-15/h1-8H,9-10,16H2,(H,17,18). The number of aromatic nitrogens is 1. The summed E-state index contributed by atoms with van der Waals surface area (Å²) in [5, 5.41) is 3.19. The third kappa shape index (κ3) is 2.44. The second-order valence-electron chi connectivity index (χ2n) is 4.31. The molecule has 3 rings (SSSR count). The lowest BCUT2D eigenvalue weighted by Gasteiger charge is -2.07. The monoisotopic (exact) mass is 253 g/mol. The van der Waals surface area contributed by atoms with E-state index in [9.17, 15) is 0 Å². The summed E-state index contributed by atoms with van der Waals surface area (Å²) < 4.78 is 5.61. The summed E-state index contributed by atoms with van der Waals surface area (Å²) in [6.07, 6.45) is 0. The smallest absolute Gasteiger partial charge is 0.295 e. The fourth-order valence-electron chi connectivity index (χ4n) is 2.05. The number of nitrogens with zero attached hydrogens (tertiary/aromatic N) is 1. The zero-order chi connectivity index (χ0) is 13.1. The van der Waals surface area contributed by atoms with Crippen molar-refractivity contribution in [3.05, 3.63) is 59.7 Å². The molecule has 0 fully saturated rings. The molecule has 1 heterocycles. The number of benzene rings is 2. The number of rotatable bonds is 4. The molecule has 4 heteroatoms. The van der Waals surface area contributed by atoms with Crippen LogP contribution in [0.2, 0.25) is 0 Å². The Kier molecular flexibility index (Phi) is 3.16. The number of nitrogens with one attached hydrogen (secondary N) is 1. The molecule has 0 aliphatic carbocycles. The van der Waals surface area contributed by atoms with Crippen LogP contribution in [0.5, 0.6) is 0 Å². The first-order chi connectivity index (χ1) is 9.36. The highest BCUT2D eigenvalue weighted by Crippen LogP contribution is 2.19. The molecule has 0 spiro atoms. The Labute approximate surface area is 111 Å². The Morgan fingerprint density at radius 2 is 1.74 bits per heavy atom. The van der Waals surface area contributed by atoms with Crippen LogP contribution in [0, 0.1) is 0 Å². The molecule has 1 aromatic heterocycles. The number of anilines is 1. The van der Waals surface area contributed by atoms with Gasteiger partial charge in [0.1, 0.15) is 5.52 Å². The van der Waals surface area contributed by atoms with Gasteiger partial charge in [0.15, 0.2) is 5.58 Å². The van der Waals surface area contributed by atoms with Crippen LogP contribution in [0.1, 0.15) is 11.1 Å². The van der Waals surface area contributed by atoms with Gasteiger partial charge in [-0.2, -0.15) is 4.98 Å². The van der Waals surface area contributed by atoms with Gasteiger partial charge in [-0.05, 0) is 23.3 Å². The van der Waals surface area contributed by atoms with E-state index in [4.69, 9.17) is 10.2 Å². The molecule has 3 aromatic rings. The van der Waals surface area contributed by atoms with Gasteiger partial charge in [0.2, 0.25) is 0 Å². The average Bonchev–Trinajstić information content (AvgIpc) is 2.88. The van der Waals surface area contributed by atoms with Crippen LogP contribution >= 0.6 is 0 Å². The molecule has 0 saturated carbocycles. The first-order valence-corrected chi connectivity index (χ1v) is 6.23. The summed E-state index contributed by atoms with van der Waals surface area (Å²) in [5.41, 5.74) is 9.65. The summed E-state index contributed by atoms with van der Waals surface area (Å²) >= 11 is 0. The maximum Gasteiger partial charge on any atom is 0.295 e. The second kappa shape index (κ2) is 5.12. The van der Waals surface area contributed by atoms with Gasteiger partial charge in [0, 0.05) is 13.1 Å². The highest BCUT2D eigenvalue weighted by atomic mass is 16.4. The maximum absolute atomic E-state index is 5.71. The molecule has 0 radical (unpaired) electrons. The number of hydrogen-bond acceptors (Lipinski definition) is 4. The molecule has 0 unspecified atom stereocenters. The molecule has 4 nitrogen and oxygen atoms in total. The van der Waals surface area contributed by atoms with Gasteiger partial charge in [0.25, 0.3) is 6.01 Å². The van der Waals surface area contributed by atoms with Crippen LogP contribution in [0.15, 0.2) is 52.9 Å². The molecule has 0 aliphatic heterocycles. The minimum absolute atomic E-state index is 0.533. The predicted octanol–water partition coefficient (Wildman–Crippen LogP) is 2.90. The van der Waals surface area contributed by atoms with Crippen LogP contribution in [0.3, 0.4) is 0 Å². The van der Waals surface area contributed by atoms with E-state index in [2.05, 4.69) is 16.4 Å². The van der Waals surface area contributed by atoms with Crippen molar-refractivity contribution in [3.8, 4) is 0 Å². The van der Waals surface area contributed by atoms with Crippen molar-refractivity contribution in [3.63, 3.8) is 0 Å². The third-order valence-corrected chi connectivity index (χ3v) is 3.06. The van der Waals surface area contributed by atoms with Crippen molar-refractivity contribution >= 4 is 17.1 Å². The number of oxazole rings is 1. The molecule has 0 bridgehead atoms. The third-order valence-electron chi connectivity index (χ3n) is 3.06. The Morgan fingerprint density at radius 3 is 2.53 bits per heavy atom. The molecular weight excluding hydrogens is 238 g/mol. The molecule has 0 amide bonds. The number of hydrogen-bond donors (Lipinski definition) is 2. The Bertz CT molecular complexity index is 657. The summed E-state index contributed by atoms with van der Waals surface area (Å²) in [4.78, 5) is 4.37. The lowest BCUT2D eigenvalue weighted by molar-refractivity contribution is 0.614. The van der Waals surface area contributed by atoms with Gasteiger partial charge in [0.05, 0.1) is 0 Å². The summed E-state index contributed by atoms with van der Waals surface area (Å²) in [6, 6.07) is 16.3. The van der Waals surface area contributed by atoms with Crippen molar-refractivity contribution in [1.29, 1.82) is 0 Å². The maximum atomic E-state index is 5.71. The van der Waals surface area contributed by atoms with Crippen molar-refractivity contribution in [2.45, 2.75) is 13.1 Å². The first-order valence-electron chi connectivity index (χ1n) is 6.23. The van der Waals surface area contributed by atoms with E-state index < -0.39 is 0 Å². The van der Waals surface area contributed by atoms with E-state index in [-0.39, 0.29) is 0 Å². The Hall–Kier alpha value is -2.33.